The van der Waals surface area contributed by atoms with Crippen LogP contribution in [0.1, 0.15) is 47.0 Å². The molecule has 8 nitrogen and oxygen atoms in total. The lowest BCUT2D eigenvalue weighted by molar-refractivity contribution is -0.118. The first kappa shape index (κ1) is 25.2. The molecule has 1 aromatic heterocycles. The zero-order valence-electron chi connectivity index (χ0n) is 21.2. The normalized spacial score (nSPS) is 15.9. The molecule has 9 heteroatoms. The average molecular weight is 524 g/mol. The molecule has 196 valence electrons. The molecule has 1 saturated carbocycles. The van der Waals surface area contributed by atoms with Gasteiger partial charge in [0.15, 0.2) is 11.5 Å². The zero-order valence-corrected chi connectivity index (χ0v) is 22.0. The second-order valence-corrected chi connectivity index (χ2v) is 12.5. The number of ether oxygens (including phenoxy) is 2. The topological polar surface area (TPSA) is 107 Å². The maximum Gasteiger partial charge on any atom is 0.240 e. The molecule has 0 saturated heterocycles. The van der Waals surface area contributed by atoms with E-state index in [1.165, 1.54) is 0 Å². The summed E-state index contributed by atoms with van der Waals surface area (Å²) < 4.78 is 38.8. The molecule has 37 heavy (non-hydrogen) atoms. The molecule has 1 aliphatic heterocycles. The minimum atomic E-state index is -3.59. The van der Waals surface area contributed by atoms with Crippen LogP contribution < -0.4 is 19.5 Å². The summed E-state index contributed by atoms with van der Waals surface area (Å²) in [7, 11) is -3.59. The van der Waals surface area contributed by atoms with Crippen LogP contribution >= 0.6 is 0 Å². The Kier molecular flexibility index (Phi) is 6.45. The van der Waals surface area contributed by atoms with E-state index in [-0.39, 0.29) is 24.4 Å². The maximum absolute atomic E-state index is 13.3. The molecule has 0 radical (unpaired) electrons. The molecule has 0 bridgehead atoms. The molecule has 3 aromatic rings. The van der Waals surface area contributed by atoms with E-state index in [0.29, 0.717) is 29.6 Å². The van der Waals surface area contributed by atoms with Gasteiger partial charge in [-0.15, -0.1) is 0 Å². The Hall–Kier alpha value is -3.43. The number of sulfonamides is 1. The fourth-order valence-corrected chi connectivity index (χ4v) is 5.35. The molecule has 2 N–H and O–H groups in total. The van der Waals surface area contributed by atoms with E-state index >= 15 is 0 Å². The fourth-order valence-electron chi connectivity index (χ4n) is 4.32. The van der Waals surface area contributed by atoms with E-state index in [1.54, 1.807) is 30.3 Å². The molecule has 2 heterocycles. The average Bonchev–Trinajstić information content (AvgIpc) is 3.54. The zero-order chi connectivity index (χ0) is 26.3. The first-order chi connectivity index (χ1) is 17.6. The van der Waals surface area contributed by atoms with E-state index in [2.05, 4.69) is 35.8 Å². The van der Waals surface area contributed by atoms with Crippen molar-refractivity contribution >= 4 is 21.7 Å². The van der Waals surface area contributed by atoms with Gasteiger partial charge in [0, 0.05) is 13.5 Å². The number of nitrogens with one attached hydrogen (secondary N) is 2. The number of carbonyl (C=O) groups is 1. The van der Waals surface area contributed by atoms with Crippen LogP contribution in [0, 0.1) is 5.41 Å². The molecule has 1 aliphatic carbocycles. The number of aromatic nitrogens is 1. The molecular formula is C28H33N3O5S. The Morgan fingerprint density at radius 3 is 2.46 bits per heavy atom. The summed E-state index contributed by atoms with van der Waals surface area (Å²) in [6.45, 7) is 6.78. The molecule has 1 fully saturated rings. The van der Waals surface area contributed by atoms with Gasteiger partial charge in [-0.1, -0.05) is 45.0 Å². The Morgan fingerprint density at radius 2 is 1.76 bits per heavy atom. The van der Waals surface area contributed by atoms with Gasteiger partial charge in [0.1, 0.15) is 5.82 Å². The SMILES string of the molecule is CC(C)(C)CCNS(=O)(=O)c1ccc(-c2cccc(NC(=O)C3(c4ccc5c(c4)OCO5)CC3)n2)cc1.[HH]. The summed E-state index contributed by atoms with van der Waals surface area (Å²) in [6, 6.07) is 17.6. The Morgan fingerprint density at radius 1 is 1.03 bits per heavy atom. The summed E-state index contributed by atoms with van der Waals surface area (Å²) in [4.78, 5) is 18.1. The van der Waals surface area contributed by atoms with E-state index in [9.17, 15) is 13.2 Å². The summed E-state index contributed by atoms with van der Waals surface area (Å²) in [5.41, 5.74) is 1.73. The first-order valence-electron chi connectivity index (χ1n) is 12.3. The number of amides is 1. The van der Waals surface area contributed by atoms with Crippen molar-refractivity contribution in [2.45, 2.75) is 50.3 Å². The minimum Gasteiger partial charge on any atom is -0.454 e. The van der Waals surface area contributed by atoms with Gasteiger partial charge in [0.05, 0.1) is 16.0 Å². The van der Waals surface area contributed by atoms with Crippen molar-refractivity contribution in [3.63, 3.8) is 0 Å². The van der Waals surface area contributed by atoms with Crippen LogP contribution in [0.5, 0.6) is 11.5 Å². The third-order valence-electron chi connectivity index (χ3n) is 6.73. The van der Waals surface area contributed by atoms with Crippen LogP contribution in [0.15, 0.2) is 65.6 Å². The van der Waals surface area contributed by atoms with Crippen LogP contribution in [0.2, 0.25) is 0 Å². The van der Waals surface area contributed by atoms with Crippen molar-refractivity contribution in [1.82, 2.24) is 9.71 Å². The summed E-state index contributed by atoms with van der Waals surface area (Å²) in [6.07, 6.45) is 2.23. The van der Waals surface area contributed by atoms with Crippen molar-refractivity contribution in [1.29, 1.82) is 0 Å². The lowest BCUT2D eigenvalue weighted by Crippen LogP contribution is -2.28. The molecule has 1 amide bonds. The highest BCUT2D eigenvalue weighted by atomic mass is 32.2. The number of rotatable bonds is 8. The minimum absolute atomic E-state index is 0. The maximum atomic E-state index is 13.3. The number of anilines is 1. The Labute approximate surface area is 219 Å². The highest BCUT2D eigenvalue weighted by molar-refractivity contribution is 7.89. The predicted molar refractivity (Wildman–Crippen MR) is 143 cm³/mol. The number of hydrogen-bond acceptors (Lipinski definition) is 6. The monoisotopic (exact) mass is 523 g/mol. The lowest BCUT2D eigenvalue weighted by atomic mass is 9.93. The molecule has 0 spiro atoms. The number of carbonyl (C=O) groups excluding carboxylic acids is 1. The van der Waals surface area contributed by atoms with E-state index in [0.717, 1.165) is 30.4 Å². The van der Waals surface area contributed by atoms with Crippen LogP contribution in [0.25, 0.3) is 11.3 Å². The lowest BCUT2D eigenvalue weighted by Gasteiger charge is -2.18. The molecule has 2 aliphatic rings. The van der Waals surface area contributed by atoms with Gasteiger partial charge in [-0.3, -0.25) is 4.79 Å². The van der Waals surface area contributed by atoms with Crippen molar-refractivity contribution in [2.75, 3.05) is 18.7 Å². The van der Waals surface area contributed by atoms with Crippen molar-refractivity contribution < 1.29 is 24.1 Å². The summed E-state index contributed by atoms with van der Waals surface area (Å²) in [5, 5.41) is 2.96. The van der Waals surface area contributed by atoms with E-state index in [1.807, 2.05) is 30.3 Å². The highest BCUT2D eigenvalue weighted by Crippen LogP contribution is 2.51. The van der Waals surface area contributed by atoms with Gasteiger partial charge >= 0.3 is 0 Å². The van der Waals surface area contributed by atoms with Gasteiger partial charge in [0.2, 0.25) is 22.7 Å². The second-order valence-electron chi connectivity index (χ2n) is 10.7. The predicted octanol–water partition coefficient (Wildman–Crippen LogP) is 5.11. The smallest absolute Gasteiger partial charge is 0.240 e. The number of hydrogen-bond donors (Lipinski definition) is 2. The van der Waals surface area contributed by atoms with Gasteiger partial charge in [-0.05, 0) is 66.6 Å². The summed E-state index contributed by atoms with van der Waals surface area (Å²) >= 11 is 0. The first-order valence-corrected chi connectivity index (χ1v) is 13.8. The quantitative estimate of drug-likeness (QED) is 0.425. The highest BCUT2D eigenvalue weighted by Gasteiger charge is 2.51. The molecule has 0 atom stereocenters. The second kappa shape index (κ2) is 9.46. The third-order valence-corrected chi connectivity index (χ3v) is 8.20. The Balaban J connectivity index is 0.00000336. The van der Waals surface area contributed by atoms with E-state index < -0.39 is 15.4 Å². The van der Waals surface area contributed by atoms with E-state index in [4.69, 9.17) is 9.47 Å². The molecule has 0 unspecified atom stereocenters. The van der Waals surface area contributed by atoms with Gasteiger partial charge in [-0.2, -0.15) is 0 Å². The fraction of sp³-hybridized carbons (Fsp3) is 0.357. The molecular weight excluding hydrogens is 490 g/mol. The van der Waals surface area contributed by atoms with Gasteiger partial charge < -0.3 is 14.8 Å². The van der Waals surface area contributed by atoms with Crippen LogP contribution in [-0.4, -0.2) is 32.6 Å². The van der Waals surface area contributed by atoms with Crippen molar-refractivity contribution in [3.8, 4) is 22.8 Å². The molecule has 5 rings (SSSR count). The van der Waals surface area contributed by atoms with Crippen molar-refractivity contribution in [3.05, 3.63) is 66.2 Å². The number of fused-ring (bicyclic) bond motifs is 1. The Bertz CT molecular complexity index is 1430. The summed E-state index contributed by atoms with van der Waals surface area (Å²) in [5.74, 6) is 1.68. The van der Waals surface area contributed by atoms with Gasteiger partial charge in [0.25, 0.3) is 0 Å². The molecule has 2 aromatic carbocycles. The van der Waals surface area contributed by atoms with Gasteiger partial charge in [-0.25, -0.2) is 18.1 Å². The third kappa shape index (κ3) is 5.47. The van der Waals surface area contributed by atoms with Crippen LogP contribution in [0.3, 0.4) is 0 Å². The largest absolute Gasteiger partial charge is 0.454 e. The number of nitrogens with zero attached hydrogens (tertiary/aromatic N) is 1. The number of benzene rings is 2. The van der Waals surface area contributed by atoms with Crippen LogP contribution in [-0.2, 0) is 20.2 Å². The number of pyridine rings is 1. The van der Waals surface area contributed by atoms with Crippen LogP contribution in [0.4, 0.5) is 5.82 Å². The standard InChI is InChI=1S/C28H31N3O5S.H2/c1-27(2,3)15-16-29-37(33,34)21-10-7-19(8-11-21)22-5-4-6-25(30-22)31-26(32)28(13-14-28)20-9-12-23-24(17-20)36-18-35-23;/h4-12,17,29H,13-16,18H2,1-3H3,(H,30,31,32);1H. The van der Waals surface area contributed by atoms with Crippen molar-refractivity contribution in [2.24, 2.45) is 5.41 Å².